The Hall–Kier alpha value is -0.570. The lowest BCUT2D eigenvalue weighted by Crippen LogP contribution is -2.27. The Kier molecular flexibility index (Phi) is 6.59. The van der Waals surface area contributed by atoms with Crippen molar-refractivity contribution < 1.29 is 14.3 Å². The largest absolute Gasteiger partial charge is 0.460 e. The molecule has 0 bridgehead atoms. The highest BCUT2D eigenvalue weighted by molar-refractivity contribution is 5.74. The van der Waals surface area contributed by atoms with Gasteiger partial charge in [-0.2, -0.15) is 0 Å². The van der Waals surface area contributed by atoms with Crippen molar-refractivity contribution in [1.29, 1.82) is 0 Å². The van der Waals surface area contributed by atoms with Gasteiger partial charge in [0, 0.05) is 7.11 Å². The Morgan fingerprint density at radius 2 is 2.00 bits per heavy atom. The molecule has 2 unspecified atom stereocenters. The van der Waals surface area contributed by atoms with Crippen molar-refractivity contribution in [2.45, 2.75) is 52.2 Å². The SMILES string of the molecule is CCCC(CC)OC(=O)C(C)OC. The lowest BCUT2D eigenvalue weighted by atomic mass is 10.1. The zero-order chi connectivity index (χ0) is 10.3. The Morgan fingerprint density at radius 3 is 2.38 bits per heavy atom. The summed E-state index contributed by atoms with van der Waals surface area (Å²) < 4.78 is 10.1. The maximum atomic E-state index is 11.3. The van der Waals surface area contributed by atoms with Gasteiger partial charge in [-0.3, -0.25) is 0 Å². The van der Waals surface area contributed by atoms with E-state index in [0.29, 0.717) is 0 Å². The molecule has 0 aliphatic heterocycles. The zero-order valence-electron chi connectivity index (χ0n) is 9.00. The highest BCUT2D eigenvalue weighted by Gasteiger charge is 2.17. The fraction of sp³-hybridized carbons (Fsp3) is 0.900. The van der Waals surface area contributed by atoms with Crippen molar-refractivity contribution in [1.82, 2.24) is 0 Å². The Morgan fingerprint density at radius 1 is 1.38 bits per heavy atom. The summed E-state index contributed by atoms with van der Waals surface area (Å²) in [6.45, 7) is 5.79. The number of esters is 1. The first kappa shape index (κ1) is 12.4. The van der Waals surface area contributed by atoms with Crippen LogP contribution in [0.5, 0.6) is 0 Å². The second-order valence-electron chi connectivity index (χ2n) is 3.13. The summed E-state index contributed by atoms with van der Waals surface area (Å²) in [5, 5.41) is 0. The van der Waals surface area contributed by atoms with E-state index in [0.717, 1.165) is 19.3 Å². The molecule has 3 nitrogen and oxygen atoms in total. The molecule has 0 aromatic carbocycles. The second kappa shape index (κ2) is 6.89. The molecule has 78 valence electrons. The molecular formula is C10H20O3. The van der Waals surface area contributed by atoms with Gasteiger partial charge in [-0.1, -0.05) is 20.3 Å². The quantitative estimate of drug-likeness (QED) is 0.599. The van der Waals surface area contributed by atoms with E-state index in [2.05, 4.69) is 6.92 Å². The maximum Gasteiger partial charge on any atom is 0.335 e. The minimum Gasteiger partial charge on any atom is -0.460 e. The molecule has 0 aliphatic rings. The fourth-order valence-electron chi connectivity index (χ4n) is 1.02. The van der Waals surface area contributed by atoms with Crippen LogP contribution in [0, 0.1) is 0 Å². The Labute approximate surface area is 80.4 Å². The highest BCUT2D eigenvalue weighted by Crippen LogP contribution is 2.08. The van der Waals surface area contributed by atoms with Crippen LogP contribution < -0.4 is 0 Å². The minimum absolute atomic E-state index is 0.0510. The lowest BCUT2D eigenvalue weighted by molar-refractivity contribution is -0.160. The summed E-state index contributed by atoms with van der Waals surface area (Å²) in [6, 6.07) is 0. The van der Waals surface area contributed by atoms with Crippen molar-refractivity contribution >= 4 is 5.97 Å². The van der Waals surface area contributed by atoms with Gasteiger partial charge in [0.25, 0.3) is 0 Å². The molecule has 0 saturated carbocycles. The topological polar surface area (TPSA) is 35.5 Å². The van der Waals surface area contributed by atoms with E-state index in [1.807, 2.05) is 6.92 Å². The van der Waals surface area contributed by atoms with E-state index in [4.69, 9.17) is 9.47 Å². The van der Waals surface area contributed by atoms with Gasteiger partial charge < -0.3 is 9.47 Å². The summed E-state index contributed by atoms with van der Waals surface area (Å²) >= 11 is 0. The predicted molar refractivity (Wildman–Crippen MR) is 51.6 cm³/mol. The van der Waals surface area contributed by atoms with Gasteiger partial charge in [0.05, 0.1) is 0 Å². The molecule has 0 aliphatic carbocycles. The van der Waals surface area contributed by atoms with Crippen molar-refractivity contribution in [2.24, 2.45) is 0 Å². The van der Waals surface area contributed by atoms with Crippen LogP contribution in [0.15, 0.2) is 0 Å². The summed E-state index contributed by atoms with van der Waals surface area (Å²) in [7, 11) is 1.51. The minimum atomic E-state index is -0.453. The molecule has 0 saturated heterocycles. The Balaban J connectivity index is 3.85. The van der Waals surface area contributed by atoms with Gasteiger partial charge in [0.1, 0.15) is 6.10 Å². The van der Waals surface area contributed by atoms with Crippen LogP contribution >= 0.6 is 0 Å². The van der Waals surface area contributed by atoms with Crippen molar-refractivity contribution in [2.75, 3.05) is 7.11 Å². The maximum absolute atomic E-state index is 11.3. The number of ether oxygens (including phenoxy) is 2. The van der Waals surface area contributed by atoms with Crippen LogP contribution in [0.25, 0.3) is 0 Å². The first-order chi connectivity index (χ1) is 6.15. The average Bonchev–Trinajstić information content (AvgIpc) is 2.15. The fourth-order valence-corrected chi connectivity index (χ4v) is 1.02. The standard InChI is InChI=1S/C10H20O3/c1-5-7-9(6-2)13-10(11)8(3)12-4/h8-9H,5-7H2,1-4H3. The second-order valence-corrected chi connectivity index (χ2v) is 3.13. The monoisotopic (exact) mass is 188 g/mol. The lowest BCUT2D eigenvalue weighted by Gasteiger charge is -2.17. The van der Waals surface area contributed by atoms with Crippen LogP contribution in [0.4, 0.5) is 0 Å². The van der Waals surface area contributed by atoms with Crippen molar-refractivity contribution in [3.63, 3.8) is 0 Å². The van der Waals surface area contributed by atoms with Gasteiger partial charge in [-0.15, -0.1) is 0 Å². The van der Waals surface area contributed by atoms with Crippen molar-refractivity contribution in [3.05, 3.63) is 0 Å². The van der Waals surface area contributed by atoms with Gasteiger partial charge in [0.15, 0.2) is 6.10 Å². The summed E-state index contributed by atoms with van der Waals surface area (Å²) in [6.07, 6.45) is 2.43. The van der Waals surface area contributed by atoms with E-state index >= 15 is 0 Å². The number of rotatable bonds is 6. The number of hydrogen-bond acceptors (Lipinski definition) is 3. The van der Waals surface area contributed by atoms with E-state index in [-0.39, 0.29) is 12.1 Å². The van der Waals surface area contributed by atoms with Gasteiger partial charge in [-0.05, 0) is 19.8 Å². The summed E-state index contributed by atoms with van der Waals surface area (Å²) in [5.74, 6) is -0.261. The van der Waals surface area contributed by atoms with Crippen molar-refractivity contribution in [3.8, 4) is 0 Å². The Bertz CT molecular complexity index is 145. The van der Waals surface area contributed by atoms with Gasteiger partial charge >= 0.3 is 5.97 Å². The number of carbonyl (C=O) groups is 1. The molecular weight excluding hydrogens is 168 g/mol. The van der Waals surface area contributed by atoms with Crippen LogP contribution in [0.1, 0.15) is 40.0 Å². The molecule has 0 fully saturated rings. The van der Waals surface area contributed by atoms with Crippen LogP contribution in [0.3, 0.4) is 0 Å². The van der Waals surface area contributed by atoms with E-state index in [1.165, 1.54) is 7.11 Å². The number of methoxy groups -OCH3 is 1. The first-order valence-electron chi connectivity index (χ1n) is 4.88. The molecule has 0 N–H and O–H groups in total. The number of carbonyl (C=O) groups excluding carboxylic acids is 1. The van der Waals surface area contributed by atoms with Gasteiger partial charge in [-0.25, -0.2) is 4.79 Å². The van der Waals surface area contributed by atoms with E-state index in [9.17, 15) is 4.79 Å². The molecule has 0 spiro atoms. The van der Waals surface area contributed by atoms with Gasteiger partial charge in [0.2, 0.25) is 0 Å². The molecule has 0 aromatic heterocycles. The van der Waals surface area contributed by atoms with E-state index < -0.39 is 6.10 Å². The normalized spacial score (nSPS) is 15.1. The molecule has 0 heterocycles. The smallest absolute Gasteiger partial charge is 0.335 e. The third-order valence-corrected chi connectivity index (χ3v) is 2.03. The van der Waals surface area contributed by atoms with Crippen LogP contribution in [-0.4, -0.2) is 25.3 Å². The molecule has 0 rings (SSSR count). The number of hydrogen-bond donors (Lipinski definition) is 0. The first-order valence-corrected chi connectivity index (χ1v) is 4.88. The molecule has 2 atom stereocenters. The summed E-state index contributed by atoms with van der Waals surface area (Å²) in [4.78, 5) is 11.3. The molecule has 0 amide bonds. The molecule has 0 radical (unpaired) electrons. The van der Waals surface area contributed by atoms with E-state index in [1.54, 1.807) is 6.92 Å². The molecule has 3 heteroatoms. The average molecular weight is 188 g/mol. The predicted octanol–water partition coefficient (Wildman–Crippen LogP) is 2.14. The van der Waals surface area contributed by atoms with Crippen LogP contribution in [0.2, 0.25) is 0 Å². The molecule has 13 heavy (non-hydrogen) atoms. The third-order valence-electron chi connectivity index (χ3n) is 2.03. The summed E-state index contributed by atoms with van der Waals surface area (Å²) in [5.41, 5.74) is 0. The third kappa shape index (κ3) is 4.88. The van der Waals surface area contributed by atoms with Crippen LogP contribution in [-0.2, 0) is 14.3 Å². The highest BCUT2D eigenvalue weighted by atomic mass is 16.6. The molecule has 0 aromatic rings. The zero-order valence-corrected chi connectivity index (χ0v) is 9.00.